The fourth-order valence-corrected chi connectivity index (χ4v) is 3.03. The molecule has 2 fully saturated rings. The van der Waals surface area contributed by atoms with Crippen molar-refractivity contribution in [2.45, 2.75) is 64.5 Å². The van der Waals surface area contributed by atoms with Crippen LogP contribution in [0.4, 0.5) is 0 Å². The monoisotopic (exact) mass is 225 g/mol. The molecule has 0 bridgehead atoms. The first-order chi connectivity index (χ1) is 7.44. The maximum Gasteiger partial charge on any atom is 0.314 e. The highest BCUT2D eigenvalue weighted by molar-refractivity contribution is 5.79. The molecule has 1 N–H and O–H groups in total. The molecule has 1 aliphatic carbocycles. The van der Waals surface area contributed by atoms with Gasteiger partial charge < -0.3 is 10.1 Å². The SMILES string of the molecule is CC(C)(C)OC(=O)[C@@]12CCCC[C@@H]1NCC2. The van der Waals surface area contributed by atoms with E-state index in [0.29, 0.717) is 6.04 Å². The molecule has 16 heavy (non-hydrogen) atoms. The minimum Gasteiger partial charge on any atom is -0.459 e. The van der Waals surface area contributed by atoms with Crippen molar-refractivity contribution in [3.63, 3.8) is 0 Å². The van der Waals surface area contributed by atoms with Crippen LogP contribution in [0.5, 0.6) is 0 Å². The van der Waals surface area contributed by atoms with Gasteiger partial charge in [-0.1, -0.05) is 12.8 Å². The van der Waals surface area contributed by atoms with E-state index in [0.717, 1.165) is 32.2 Å². The predicted molar refractivity (Wildman–Crippen MR) is 63.2 cm³/mol. The van der Waals surface area contributed by atoms with Crippen molar-refractivity contribution in [2.75, 3.05) is 6.54 Å². The van der Waals surface area contributed by atoms with Gasteiger partial charge in [-0.2, -0.15) is 0 Å². The van der Waals surface area contributed by atoms with Gasteiger partial charge in [-0.25, -0.2) is 0 Å². The maximum absolute atomic E-state index is 12.4. The maximum atomic E-state index is 12.4. The zero-order chi connectivity index (χ0) is 11.8. The molecule has 3 nitrogen and oxygen atoms in total. The molecule has 92 valence electrons. The molecule has 3 heteroatoms. The van der Waals surface area contributed by atoms with Crippen LogP contribution >= 0.6 is 0 Å². The molecule has 2 aliphatic rings. The highest BCUT2D eigenvalue weighted by Crippen LogP contribution is 2.44. The molecule has 0 amide bonds. The molecule has 1 saturated heterocycles. The minimum atomic E-state index is -0.365. The van der Waals surface area contributed by atoms with E-state index in [1.807, 2.05) is 20.8 Å². The van der Waals surface area contributed by atoms with Crippen molar-refractivity contribution in [1.29, 1.82) is 0 Å². The second-order valence-corrected chi connectivity index (χ2v) is 6.16. The van der Waals surface area contributed by atoms with Gasteiger partial charge in [0.15, 0.2) is 0 Å². The molecule has 1 aliphatic heterocycles. The zero-order valence-corrected chi connectivity index (χ0v) is 10.6. The average Bonchev–Trinajstić information content (AvgIpc) is 2.59. The van der Waals surface area contributed by atoms with Crippen molar-refractivity contribution in [3.8, 4) is 0 Å². The van der Waals surface area contributed by atoms with E-state index in [2.05, 4.69) is 5.32 Å². The van der Waals surface area contributed by atoms with Crippen molar-refractivity contribution in [2.24, 2.45) is 5.41 Å². The summed E-state index contributed by atoms with van der Waals surface area (Å²) in [7, 11) is 0. The second-order valence-electron chi connectivity index (χ2n) is 6.16. The van der Waals surface area contributed by atoms with Crippen LogP contribution in [0.3, 0.4) is 0 Å². The van der Waals surface area contributed by atoms with E-state index in [4.69, 9.17) is 4.74 Å². The Morgan fingerprint density at radius 3 is 2.75 bits per heavy atom. The third kappa shape index (κ3) is 2.10. The highest BCUT2D eigenvalue weighted by atomic mass is 16.6. The number of hydrogen-bond acceptors (Lipinski definition) is 3. The second kappa shape index (κ2) is 4.02. The number of hydrogen-bond donors (Lipinski definition) is 1. The van der Waals surface area contributed by atoms with E-state index in [1.165, 1.54) is 6.42 Å². The number of carbonyl (C=O) groups excluding carboxylic acids is 1. The van der Waals surface area contributed by atoms with Gasteiger partial charge in [-0.3, -0.25) is 4.79 Å². The quantitative estimate of drug-likeness (QED) is 0.696. The van der Waals surface area contributed by atoms with Crippen molar-refractivity contribution in [1.82, 2.24) is 5.32 Å². The summed E-state index contributed by atoms with van der Waals surface area (Å²) in [6.07, 6.45) is 5.48. The molecule has 0 spiro atoms. The van der Waals surface area contributed by atoms with E-state index in [1.54, 1.807) is 0 Å². The Labute approximate surface area is 97.9 Å². The normalized spacial score (nSPS) is 34.6. The van der Waals surface area contributed by atoms with Gasteiger partial charge in [0.25, 0.3) is 0 Å². The molecular weight excluding hydrogens is 202 g/mol. The van der Waals surface area contributed by atoms with Crippen molar-refractivity contribution < 1.29 is 9.53 Å². The Hall–Kier alpha value is -0.570. The van der Waals surface area contributed by atoms with Crippen LogP contribution in [0.2, 0.25) is 0 Å². The Morgan fingerprint density at radius 1 is 1.31 bits per heavy atom. The van der Waals surface area contributed by atoms with Crippen LogP contribution in [-0.2, 0) is 9.53 Å². The van der Waals surface area contributed by atoms with Crippen LogP contribution in [0.15, 0.2) is 0 Å². The van der Waals surface area contributed by atoms with Gasteiger partial charge in [-0.05, 0) is 46.6 Å². The van der Waals surface area contributed by atoms with Crippen LogP contribution in [0.1, 0.15) is 52.9 Å². The fourth-order valence-electron chi connectivity index (χ4n) is 3.03. The number of nitrogens with one attached hydrogen (secondary N) is 1. The summed E-state index contributed by atoms with van der Waals surface area (Å²) in [4.78, 5) is 12.4. The lowest BCUT2D eigenvalue weighted by atomic mass is 9.70. The van der Waals surface area contributed by atoms with Gasteiger partial charge in [0.1, 0.15) is 5.60 Å². The van der Waals surface area contributed by atoms with Crippen molar-refractivity contribution >= 4 is 5.97 Å². The highest BCUT2D eigenvalue weighted by Gasteiger charge is 2.51. The lowest BCUT2D eigenvalue weighted by Gasteiger charge is -2.38. The molecule has 0 aromatic rings. The number of esters is 1. The summed E-state index contributed by atoms with van der Waals surface area (Å²) in [5.74, 6) is 0.0229. The predicted octanol–water partition coefficient (Wildman–Crippen LogP) is 2.25. The summed E-state index contributed by atoms with van der Waals surface area (Å²) >= 11 is 0. The molecule has 1 heterocycles. The molecule has 0 aromatic carbocycles. The molecule has 0 unspecified atom stereocenters. The summed E-state index contributed by atoms with van der Waals surface area (Å²) < 4.78 is 5.60. The molecule has 0 radical (unpaired) electrons. The number of rotatable bonds is 1. The topological polar surface area (TPSA) is 38.3 Å². The van der Waals surface area contributed by atoms with Gasteiger partial charge in [-0.15, -0.1) is 0 Å². The van der Waals surface area contributed by atoms with E-state index in [9.17, 15) is 4.79 Å². The molecule has 1 saturated carbocycles. The Morgan fingerprint density at radius 2 is 2.06 bits per heavy atom. The summed E-state index contributed by atoms with van der Waals surface area (Å²) in [5.41, 5.74) is -0.581. The summed E-state index contributed by atoms with van der Waals surface area (Å²) in [5, 5.41) is 3.47. The average molecular weight is 225 g/mol. The van der Waals surface area contributed by atoms with Crippen LogP contribution < -0.4 is 5.32 Å². The number of carbonyl (C=O) groups is 1. The van der Waals surface area contributed by atoms with Crippen LogP contribution in [0, 0.1) is 5.41 Å². The van der Waals surface area contributed by atoms with E-state index in [-0.39, 0.29) is 17.0 Å². The van der Waals surface area contributed by atoms with Crippen molar-refractivity contribution in [3.05, 3.63) is 0 Å². The number of ether oxygens (including phenoxy) is 1. The number of fused-ring (bicyclic) bond motifs is 1. The molecule has 0 aromatic heterocycles. The smallest absolute Gasteiger partial charge is 0.314 e. The minimum absolute atomic E-state index is 0.0229. The van der Waals surface area contributed by atoms with Crippen LogP contribution in [-0.4, -0.2) is 24.2 Å². The summed E-state index contributed by atoms with van der Waals surface area (Å²) in [6, 6.07) is 0.357. The Kier molecular flexibility index (Phi) is 2.99. The lowest BCUT2D eigenvalue weighted by molar-refractivity contribution is -0.170. The Balaban J connectivity index is 2.13. The Bertz CT molecular complexity index is 282. The largest absolute Gasteiger partial charge is 0.459 e. The first kappa shape index (κ1) is 11.9. The van der Waals surface area contributed by atoms with Gasteiger partial charge in [0, 0.05) is 6.04 Å². The van der Waals surface area contributed by atoms with Crippen LogP contribution in [0.25, 0.3) is 0 Å². The summed E-state index contributed by atoms with van der Waals surface area (Å²) in [6.45, 7) is 6.80. The standard InChI is InChI=1S/C13H23NO2/c1-12(2,3)16-11(15)13-7-5-4-6-10(13)14-9-8-13/h10,14H,4-9H2,1-3H3/t10-,13+/m0/s1. The first-order valence-electron chi connectivity index (χ1n) is 6.41. The lowest BCUT2D eigenvalue weighted by Crippen LogP contribution is -2.47. The molecular formula is C13H23NO2. The zero-order valence-electron chi connectivity index (χ0n) is 10.6. The van der Waals surface area contributed by atoms with Gasteiger partial charge >= 0.3 is 5.97 Å². The third-order valence-electron chi connectivity index (χ3n) is 3.80. The van der Waals surface area contributed by atoms with Gasteiger partial charge in [0.2, 0.25) is 0 Å². The molecule has 2 rings (SSSR count). The van der Waals surface area contributed by atoms with Gasteiger partial charge in [0.05, 0.1) is 5.41 Å². The first-order valence-corrected chi connectivity index (χ1v) is 6.41. The fraction of sp³-hybridized carbons (Fsp3) is 0.923. The van der Waals surface area contributed by atoms with E-state index < -0.39 is 0 Å². The molecule has 2 atom stereocenters. The van der Waals surface area contributed by atoms with E-state index >= 15 is 0 Å². The third-order valence-corrected chi connectivity index (χ3v) is 3.80.